The quantitative estimate of drug-likeness (QED) is 0.297. The molecule has 2 rings (SSSR count). The molecule has 0 saturated carbocycles. The average Bonchev–Trinajstić information content (AvgIpc) is 3.18. The van der Waals surface area contributed by atoms with E-state index in [1.807, 2.05) is 52.0 Å². The van der Waals surface area contributed by atoms with Gasteiger partial charge in [-0.15, -0.1) is 0 Å². The van der Waals surface area contributed by atoms with Gasteiger partial charge < -0.3 is 31.5 Å². The van der Waals surface area contributed by atoms with E-state index in [2.05, 4.69) is 20.9 Å². The second-order valence-electron chi connectivity index (χ2n) is 9.52. The molecule has 0 unspecified atom stereocenters. The van der Waals surface area contributed by atoms with E-state index in [-0.39, 0.29) is 18.3 Å². The standard InChI is InChI=1S/C25H37N5O4/c1-14(2)10-20(24(33)30-22(13-31)15(3)4)29-25(34)21(28-23(32)16(5)26)11-17-12-27-19-9-7-6-8-18(17)19/h6-9,12-16,20-22,27H,10-11,26H2,1-5H3,(H,28,32)(H,29,34)(H,30,33)/t16-,20-,21-,22+/m0/s1. The van der Waals surface area contributed by atoms with Gasteiger partial charge in [-0.05, 0) is 36.8 Å². The molecule has 2 aromatic rings. The summed E-state index contributed by atoms with van der Waals surface area (Å²) in [5.74, 6) is -1.37. The first-order valence-corrected chi connectivity index (χ1v) is 11.7. The summed E-state index contributed by atoms with van der Waals surface area (Å²) in [7, 11) is 0. The molecular formula is C25H37N5O4. The molecule has 0 aliphatic rings. The Balaban J connectivity index is 2.26. The van der Waals surface area contributed by atoms with E-state index in [1.54, 1.807) is 6.20 Å². The summed E-state index contributed by atoms with van der Waals surface area (Å²) in [6.45, 7) is 9.07. The van der Waals surface area contributed by atoms with Gasteiger partial charge in [-0.25, -0.2) is 0 Å². The molecular weight excluding hydrogens is 434 g/mol. The number of benzene rings is 1. The Morgan fingerprint density at radius 3 is 2.15 bits per heavy atom. The fraction of sp³-hybridized carbons (Fsp3) is 0.520. The first-order valence-electron chi connectivity index (χ1n) is 11.7. The van der Waals surface area contributed by atoms with E-state index >= 15 is 0 Å². The number of nitrogens with one attached hydrogen (secondary N) is 4. The molecule has 0 aliphatic heterocycles. The predicted molar refractivity (Wildman–Crippen MR) is 132 cm³/mol. The Kier molecular flexibility index (Phi) is 9.80. The van der Waals surface area contributed by atoms with Crippen molar-refractivity contribution in [1.82, 2.24) is 20.9 Å². The SMILES string of the molecule is CC(C)C[C@H](NC(=O)[C@H](Cc1c[nH]c2ccccc12)NC(=O)[C@H](C)N)C(=O)N[C@H](C=O)C(C)C. The van der Waals surface area contributed by atoms with Gasteiger partial charge in [0.2, 0.25) is 17.7 Å². The maximum absolute atomic E-state index is 13.3. The molecule has 1 heterocycles. The van der Waals surface area contributed by atoms with Gasteiger partial charge in [-0.2, -0.15) is 0 Å². The van der Waals surface area contributed by atoms with E-state index in [9.17, 15) is 19.2 Å². The summed E-state index contributed by atoms with van der Waals surface area (Å²) in [4.78, 5) is 53.2. The number of H-pyrrole nitrogens is 1. The van der Waals surface area contributed by atoms with Gasteiger partial charge in [-0.3, -0.25) is 14.4 Å². The second kappa shape index (κ2) is 12.3. The number of aromatic amines is 1. The number of aldehydes is 1. The Bertz CT molecular complexity index is 998. The molecule has 0 spiro atoms. The molecule has 0 bridgehead atoms. The number of aromatic nitrogens is 1. The van der Waals surface area contributed by atoms with Gasteiger partial charge in [0.25, 0.3) is 0 Å². The Hall–Kier alpha value is -3.20. The fourth-order valence-electron chi connectivity index (χ4n) is 3.63. The highest BCUT2D eigenvalue weighted by molar-refractivity contribution is 5.94. The molecule has 4 atom stereocenters. The molecule has 9 heteroatoms. The fourth-order valence-corrected chi connectivity index (χ4v) is 3.63. The molecule has 9 nitrogen and oxygen atoms in total. The highest BCUT2D eigenvalue weighted by Crippen LogP contribution is 2.19. The highest BCUT2D eigenvalue weighted by atomic mass is 16.2. The maximum Gasteiger partial charge on any atom is 0.243 e. The first kappa shape index (κ1) is 27.0. The van der Waals surface area contributed by atoms with Crippen molar-refractivity contribution in [3.05, 3.63) is 36.0 Å². The minimum atomic E-state index is -0.938. The molecule has 0 fully saturated rings. The van der Waals surface area contributed by atoms with E-state index in [1.165, 1.54) is 6.92 Å². The summed E-state index contributed by atoms with van der Waals surface area (Å²) >= 11 is 0. The number of carbonyl (C=O) groups excluding carboxylic acids is 4. The van der Waals surface area contributed by atoms with E-state index < -0.39 is 41.9 Å². The summed E-state index contributed by atoms with van der Waals surface area (Å²) in [6.07, 6.45) is 3.09. The normalized spacial score (nSPS) is 14.9. The van der Waals surface area contributed by atoms with Gasteiger partial charge >= 0.3 is 0 Å². The van der Waals surface area contributed by atoms with Crippen molar-refractivity contribution in [3.63, 3.8) is 0 Å². The minimum absolute atomic E-state index is 0.0863. The number of nitrogens with two attached hydrogens (primary N) is 1. The Morgan fingerprint density at radius 2 is 1.56 bits per heavy atom. The average molecular weight is 472 g/mol. The molecule has 1 aromatic heterocycles. The highest BCUT2D eigenvalue weighted by Gasteiger charge is 2.30. The molecule has 3 amide bonds. The largest absolute Gasteiger partial charge is 0.361 e. The summed E-state index contributed by atoms with van der Waals surface area (Å²) in [6, 6.07) is 4.42. The lowest BCUT2D eigenvalue weighted by Crippen LogP contribution is -2.57. The van der Waals surface area contributed by atoms with Crippen LogP contribution in [0.2, 0.25) is 0 Å². The van der Waals surface area contributed by atoms with Crippen LogP contribution in [0.5, 0.6) is 0 Å². The van der Waals surface area contributed by atoms with Crippen molar-refractivity contribution in [2.24, 2.45) is 17.6 Å². The van der Waals surface area contributed by atoms with Gasteiger partial charge in [-0.1, -0.05) is 45.9 Å². The predicted octanol–water partition coefficient (Wildman–Crippen LogP) is 1.41. The second-order valence-corrected chi connectivity index (χ2v) is 9.52. The minimum Gasteiger partial charge on any atom is -0.361 e. The van der Waals surface area contributed by atoms with Crippen molar-refractivity contribution in [2.75, 3.05) is 0 Å². The lowest BCUT2D eigenvalue weighted by Gasteiger charge is -2.26. The first-order chi connectivity index (χ1) is 16.0. The lowest BCUT2D eigenvalue weighted by molar-refractivity contribution is -0.133. The number of rotatable bonds is 12. The van der Waals surface area contributed by atoms with Crippen molar-refractivity contribution >= 4 is 34.9 Å². The van der Waals surface area contributed by atoms with Crippen LogP contribution in [0.25, 0.3) is 10.9 Å². The van der Waals surface area contributed by atoms with Gasteiger partial charge in [0.1, 0.15) is 18.4 Å². The van der Waals surface area contributed by atoms with Crippen LogP contribution < -0.4 is 21.7 Å². The molecule has 186 valence electrons. The number of carbonyl (C=O) groups is 4. The lowest BCUT2D eigenvalue weighted by atomic mass is 9.99. The number of amides is 3. The summed E-state index contributed by atoms with van der Waals surface area (Å²) in [5, 5.41) is 9.15. The third kappa shape index (κ3) is 7.41. The molecule has 34 heavy (non-hydrogen) atoms. The zero-order chi connectivity index (χ0) is 25.4. The van der Waals surface area contributed by atoms with Gasteiger partial charge in [0.05, 0.1) is 12.1 Å². The van der Waals surface area contributed by atoms with Crippen LogP contribution in [-0.4, -0.2) is 53.2 Å². The Labute approximate surface area is 200 Å². The molecule has 0 saturated heterocycles. The molecule has 0 radical (unpaired) electrons. The molecule has 1 aromatic carbocycles. The van der Waals surface area contributed by atoms with Crippen LogP contribution in [0.3, 0.4) is 0 Å². The number of para-hydroxylation sites is 1. The van der Waals surface area contributed by atoms with Gasteiger partial charge in [0.15, 0.2) is 0 Å². The molecule has 0 aliphatic carbocycles. The van der Waals surface area contributed by atoms with Crippen LogP contribution in [-0.2, 0) is 25.6 Å². The summed E-state index contributed by atoms with van der Waals surface area (Å²) < 4.78 is 0. The Morgan fingerprint density at radius 1 is 0.941 bits per heavy atom. The zero-order valence-corrected chi connectivity index (χ0v) is 20.6. The van der Waals surface area contributed by atoms with Crippen molar-refractivity contribution < 1.29 is 19.2 Å². The number of hydrogen-bond donors (Lipinski definition) is 5. The van der Waals surface area contributed by atoms with Crippen LogP contribution in [0.1, 0.15) is 46.6 Å². The van der Waals surface area contributed by atoms with Crippen molar-refractivity contribution in [3.8, 4) is 0 Å². The van der Waals surface area contributed by atoms with Crippen LogP contribution in [0.4, 0.5) is 0 Å². The smallest absolute Gasteiger partial charge is 0.243 e. The van der Waals surface area contributed by atoms with E-state index in [0.29, 0.717) is 12.7 Å². The van der Waals surface area contributed by atoms with Crippen LogP contribution >= 0.6 is 0 Å². The van der Waals surface area contributed by atoms with E-state index in [4.69, 9.17) is 5.73 Å². The number of fused-ring (bicyclic) bond motifs is 1. The third-order valence-electron chi connectivity index (χ3n) is 5.66. The van der Waals surface area contributed by atoms with Crippen molar-refractivity contribution in [1.29, 1.82) is 0 Å². The molecule has 6 N–H and O–H groups in total. The van der Waals surface area contributed by atoms with Gasteiger partial charge in [0, 0.05) is 23.5 Å². The van der Waals surface area contributed by atoms with Crippen molar-refractivity contribution in [2.45, 2.75) is 71.6 Å². The summed E-state index contributed by atoms with van der Waals surface area (Å²) in [5.41, 5.74) is 7.49. The zero-order valence-electron chi connectivity index (χ0n) is 20.6. The monoisotopic (exact) mass is 471 g/mol. The topological polar surface area (TPSA) is 146 Å². The van der Waals surface area contributed by atoms with Crippen LogP contribution in [0, 0.1) is 11.8 Å². The number of hydrogen-bond acceptors (Lipinski definition) is 5. The van der Waals surface area contributed by atoms with Crippen LogP contribution in [0.15, 0.2) is 30.5 Å². The maximum atomic E-state index is 13.3. The van der Waals surface area contributed by atoms with E-state index in [0.717, 1.165) is 16.5 Å². The third-order valence-corrected chi connectivity index (χ3v) is 5.66.